The third kappa shape index (κ3) is 5.41. The van der Waals surface area contributed by atoms with Gasteiger partial charge < -0.3 is 10.2 Å². The van der Waals surface area contributed by atoms with Crippen LogP contribution in [0.5, 0.6) is 5.75 Å². The van der Waals surface area contributed by atoms with Crippen molar-refractivity contribution < 1.29 is 15.0 Å². The van der Waals surface area contributed by atoms with Crippen molar-refractivity contribution in [2.75, 3.05) is 0 Å². The van der Waals surface area contributed by atoms with Crippen LogP contribution in [0.3, 0.4) is 0 Å². The molecule has 4 heteroatoms. The number of phenols is 1. The Kier molecular flexibility index (Phi) is 7.45. The predicted molar refractivity (Wildman–Crippen MR) is 81.8 cm³/mol. The Morgan fingerprint density at radius 1 is 1.10 bits per heavy atom. The van der Waals surface area contributed by atoms with Crippen LogP contribution >= 0.6 is 11.6 Å². The first-order valence-electron chi connectivity index (χ1n) is 7.31. The summed E-state index contributed by atoms with van der Waals surface area (Å²) in [7, 11) is 0. The number of carboxylic acid groups (broad SMARTS) is 1. The van der Waals surface area contributed by atoms with Crippen molar-refractivity contribution in [1.29, 1.82) is 0 Å². The molecule has 0 atom stereocenters. The number of hydrogen-bond acceptors (Lipinski definition) is 2. The molecular formula is C16H23ClO3. The van der Waals surface area contributed by atoms with Crippen molar-refractivity contribution in [2.45, 2.75) is 58.3 Å². The lowest BCUT2D eigenvalue weighted by Crippen LogP contribution is -1.99. The molecule has 0 radical (unpaired) electrons. The number of carbonyl (C=O) groups is 1. The summed E-state index contributed by atoms with van der Waals surface area (Å²) >= 11 is 5.89. The minimum atomic E-state index is -1.15. The summed E-state index contributed by atoms with van der Waals surface area (Å²) in [4.78, 5) is 11.0. The average Bonchev–Trinajstić information content (AvgIpc) is 2.40. The first-order valence-corrected chi connectivity index (χ1v) is 7.68. The molecule has 0 aliphatic heterocycles. The Morgan fingerprint density at radius 2 is 1.70 bits per heavy atom. The third-order valence-corrected chi connectivity index (χ3v) is 3.65. The Morgan fingerprint density at radius 3 is 2.30 bits per heavy atom. The highest BCUT2D eigenvalue weighted by molar-refractivity contribution is 6.31. The van der Waals surface area contributed by atoms with E-state index in [-0.39, 0.29) is 11.3 Å². The van der Waals surface area contributed by atoms with Crippen molar-refractivity contribution in [1.82, 2.24) is 0 Å². The van der Waals surface area contributed by atoms with Gasteiger partial charge in [-0.3, -0.25) is 0 Å². The van der Waals surface area contributed by atoms with Gasteiger partial charge in [0.25, 0.3) is 0 Å². The van der Waals surface area contributed by atoms with Crippen molar-refractivity contribution >= 4 is 17.6 Å². The number of carboxylic acids is 1. The second kappa shape index (κ2) is 8.85. The molecule has 0 saturated carbocycles. The van der Waals surface area contributed by atoms with Gasteiger partial charge in [-0.2, -0.15) is 0 Å². The number of aryl methyl sites for hydroxylation is 1. The monoisotopic (exact) mass is 298 g/mol. The fraction of sp³-hybridized carbons (Fsp3) is 0.562. The zero-order valence-corrected chi connectivity index (χ0v) is 12.7. The van der Waals surface area contributed by atoms with Crippen LogP contribution in [-0.2, 0) is 6.42 Å². The number of aromatic hydroxyl groups is 1. The normalized spacial score (nSPS) is 10.7. The molecule has 0 unspecified atom stereocenters. The molecule has 112 valence electrons. The Labute approximate surface area is 125 Å². The fourth-order valence-corrected chi connectivity index (χ4v) is 2.52. The van der Waals surface area contributed by atoms with Gasteiger partial charge >= 0.3 is 5.97 Å². The maximum Gasteiger partial charge on any atom is 0.339 e. The summed E-state index contributed by atoms with van der Waals surface area (Å²) in [6.07, 6.45) is 8.95. The number of hydrogen-bond donors (Lipinski definition) is 2. The van der Waals surface area contributed by atoms with Crippen LogP contribution in [0.15, 0.2) is 12.1 Å². The van der Waals surface area contributed by atoms with E-state index < -0.39 is 5.97 Å². The van der Waals surface area contributed by atoms with Crippen LogP contribution in [0.25, 0.3) is 0 Å². The van der Waals surface area contributed by atoms with Gasteiger partial charge in [0, 0.05) is 5.02 Å². The number of halogens is 1. The molecule has 0 aromatic heterocycles. The minimum Gasteiger partial charge on any atom is -0.507 e. The molecule has 0 amide bonds. The fourth-order valence-electron chi connectivity index (χ4n) is 2.28. The number of benzene rings is 1. The summed E-state index contributed by atoms with van der Waals surface area (Å²) in [6, 6.07) is 2.94. The maximum atomic E-state index is 11.0. The third-order valence-electron chi connectivity index (χ3n) is 3.43. The van der Waals surface area contributed by atoms with Gasteiger partial charge in [-0.15, -0.1) is 0 Å². The van der Waals surface area contributed by atoms with Crippen molar-refractivity contribution in [3.05, 3.63) is 28.3 Å². The van der Waals surface area contributed by atoms with Crippen LogP contribution in [0.2, 0.25) is 5.02 Å². The second-order valence-electron chi connectivity index (χ2n) is 5.14. The minimum absolute atomic E-state index is 0.115. The van der Waals surface area contributed by atoms with Gasteiger partial charge in [0.05, 0.1) is 0 Å². The van der Waals surface area contributed by atoms with Gasteiger partial charge in [0.15, 0.2) is 0 Å². The number of aromatic carboxylic acids is 1. The second-order valence-corrected chi connectivity index (χ2v) is 5.57. The van der Waals surface area contributed by atoms with E-state index in [1.807, 2.05) is 0 Å². The molecule has 1 rings (SSSR count). The number of rotatable bonds is 9. The first kappa shape index (κ1) is 16.8. The molecule has 20 heavy (non-hydrogen) atoms. The van der Waals surface area contributed by atoms with Crippen LogP contribution < -0.4 is 0 Å². The highest BCUT2D eigenvalue weighted by Gasteiger charge is 2.14. The molecule has 0 spiro atoms. The van der Waals surface area contributed by atoms with Crippen LogP contribution in [0.4, 0.5) is 0 Å². The lowest BCUT2D eigenvalue weighted by Gasteiger charge is -2.08. The smallest absolute Gasteiger partial charge is 0.339 e. The van der Waals surface area contributed by atoms with E-state index in [1.165, 1.54) is 38.2 Å². The molecule has 2 N–H and O–H groups in total. The Balaban J connectivity index is 2.46. The zero-order chi connectivity index (χ0) is 15.0. The zero-order valence-electron chi connectivity index (χ0n) is 12.0. The molecule has 1 aromatic carbocycles. The molecule has 0 fully saturated rings. The van der Waals surface area contributed by atoms with Gasteiger partial charge in [-0.25, -0.2) is 4.79 Å². The van der Waals surface area contributed by atoms with Crippen molar-refractivity contribution in [2.24, 2.45) is 0 Å². The summed E-state index contributed by atoms with van der Waals surface area (Å²) in [5.41, 5.74) is 0.513. The van der Waals surface area contributed by atoms with Gasteiger partial charge in [0.2, 0.25) is 0 Å². The summed E-state index contributed by atoms with van der Waals surface area (Å²) < 4.78 is 0. The van der Waals surface area contributed by atoms with E-state index in [0.717, 1.165) is 12.8 Å². The SMILES string of the molecule is CCCCCCCCCc1cc(Cl)cc(C(=O)O)c1O. The van der Waals surface area contributed by atoms with E-state index in [9.17, 15) is 9.90 Å². The molecule has 3 nitrogen and oxygen atoms in total. The molecule has 0 aliphatic rings. The summed E-state index contributed by atoms with van der Waals surface area (Å²) in [5, 5.41) is 19.3. The quantitative estimate of drug-likeness (QED) is 0.628. The van der Waals surface area contributed by atoms with Crippen molar-refractivity contribution in [3.63, 3.8) is 0 Å². The molecule has 0 bridgehead atoms. The van der Waals surface area contributed by atoms with Crippen LogP contribution in [-0.4, -0.2) is 16.2 Å². The summed E-state index contributed by atoms with van der Waals surface area (Å²) in [6.45, 7) is 2.20. The standard InChI is InChI=1S/C16H23ClO3/c1-2-3-4-5-6-7-8-9-12-10-13(17)11-14(15(12)18)16(19)20/h10-11,18H,2-9H2,1H3,(H,19,20). The molecular weight excluding hydrogens is 276 g/mol. The Bertz CT molecular complexity index is 444. The van der Waals surface area contributed by atoms with Gasteiger partial charge in [-0.05, 0) is 30.5 Å². The van der Waals surface area contributed by atoms with E-state index in [2.05, 4.69) is 6.92 Å². The van der Waals surface area contributed by atoms with E-state index in [1.54, 1.807) is 6.07 Å². The predicted octanol–water partition coefficient (Wildman–Crippen LogP) is 5.04. The van der Waals surface area contributed by atoms with Crippen LogP contribution in [0, 0.1) is 0 Å². The lowest BCUT2D eigenvalue weighted by molar-refractivity contribution is 0.0693. The molecule has 1 aromatic rings. The lowest BCUT2D eigenvalue weighted by atomic mass is 10.0. The molecule has 0 heterocycles. The van der Waals surface area contributed by atoms with Gasteiger partial charge in [0.1, 0.15) is 11.3 Å². The highest BCUT2D eigenvalue weighted by Crippen LogP contribution is 2.28. The highest BCUT2D eigenvalue weighted by atomic mass is 35.5. The maximum absolute atomic E-state index is 11.0. The molecule has 0 aliphatic carbocycles. The average molecular weight is 299 g/mol. The van der Waals surface area contributed by atoms with Crippen molar-refractivity contribution in [3.8, 4) is 5.75 Å². The number of unbranched alkanes of at least 4 members (excludes halogenated alkanes) is 6. The van der Waals surface area contributed by atoms with Gasteiger partial charge in [-0.1, -0.05) is 57.0 Å². The van der Waals surface area contributed by atoms with Crippen LogP contribution in [0.1, 0.15) is 67.8 Å². The molecule has 0 saturated heterocycles. The Hall–Kier alpha value is -1.22. The first-order chi connectivity index (χ1) is 9.56. The van der Waals surface area contributed by atoms with E-state index in [0.29, 0.717) is 17.0 Å². The topological polar surface area (TPSA) is 57.5 Å². The van der Waals surface area contributed by atoms with E-state index >= 15 is 0 Å². The summed E-state index contributed by atoms with van der Waals surface area (Å²) in [5.74, 6) is -1.29. The van der Waals surface area contributed by atoms with E-state index in [4.69, 9.17) is 16.7 Å². The largest absolute Gasteiger partial charge is 0.507 e.